The van der Waals surface area contributed by atoms with Crippen molar-refractivity contribution < 1.29 is 9.90 Å². The monoisotopic (exact) mass is 385 g/mol. The third-order valence-corrected chi connectivity index (χ3v) is 5.03. The van der Waals surface area contributed by atoms with E-state index >= 15 is 0 Å². The molecule has 0 fully saturated rings. The second-order valence-corrected chi connectivity index (χ2v) is 7.14. The summed E-state index contributed by atoms with van der Waals surface area (Å²) in [6.45, 7) is 2.85. The van der Waals surface area contributed by atoms with E-state index in [-0.39, 0.29) is 0 Å². The first kappa shape index (κ1) is 18.9. The number of carboxylic acids is 1. The second kappa shape index (κ2) is 8.27. The summed E-state index contributed by atoms with van der Waals surface area (Å²) in [5.74, 6) is 0.891. The number of hydrogen-bond donors (Lipinski definition) is 1. The zero-order chi connectivity index (χ0) is 20.2. The Morgan fingerprint density at radius 2 is 1.79 bits per heavy atom. The molecule has 2 aromatic rings. The number of hydrogen-bond acceptors (Lipinski definition) is 3. The van der Waals surface area contributed by atoms with Gasteiger partial charge in [-0.15, -0.1) is 0 Å². The van der Waals surface area contributed by atoms with E-state index in [1.54, 1.807) is 12.1 Å². The van der Waals surface area contributed by atoms with Gasteiger partial charge in [-0.2, -0.15) is 0 Å². The number of unbranched alkanes of at least 4 members (excludes halogenated alkanes) is 1. The molecule has 0 aliphatic carbocycles. The van der Waals surface area contributed by atoms with E-state index in [9.17, 15) is 9.90 Å². The Hall–Kier alpha value is -3.47. The molecular formula is C24H23N3O2. The molecule has 5 nitrogen and oxygen atoms in total. The number of aromatic carboxylic acids is 1. The van der Waals surface area contributed by atoms with Crippen LogP contribution in [0.3, 0.4) is 0 Å². The summed E-state index contributed by atoms with van der Waals surface area (Å²) in [5.41, 5.74) is 3.97. The predicted molar refractivity (Wildman–Crippen MR) is 113 cm³/mol. The van der Waals surface area contributed by atoms with Crippen LogP contribution in [0.15, 0.2) is 66.9 Å². The van der Waals surface area contributed by atoms with Crippen LogP contribution in [0.25, 0.3) is 22.6 Å². The van der Waals surface area contributed by atoms with Gasteiger partial charge in [0.05, 0.1) is 5.56 Å². The zero-order valence-corrected chi connectivity index (χ0v) is 16.4. The Balaban J connectivity index is 1.58. The first-order valence-corrected chi connectivity index (χ1v) is 9.89. The largest absolute Gasteiger partial charge is 0.478 e. The molecule has 2 heterocycles. The van der Waals surface area contributed by atoms with Gasteiger partial charge in [-0.05, 0) is 41.3 Å². The summed E-state index contributed by atoms with van der Waals surface area (Å²) >= 11 is 0. The van der Waals surface area contributed by atoms with Crippen molar-refractivity contribution in [3.05, 3.63) is 83.8 Å². The van der Waals surface area contributed by atoms with Crippen LogP contribution in [-0.4, -0.2) is 25.6 Å². The molecule has 0 aromatic heterocycles. The third kappa shape index (κ3) is 4.04. The van der Waals surface area contributed by atoms with Crippen molar-refractivity contribution in [1.29, 1.82) is 0 Å². The third-order valence-electron chi connectivity index (χ3n) is 5.03. The van der Waals surface area contributed by atoms with Gasteiger partial charge in [0.1, 0.15) is 11.5 Å². The minimum absolute atomic E-state index is 0.311. The highest BCUT2D eigenvalue weighted by Gasteiger charge is 2.14. The minimum atomic E-state index is -0.916. The molecule has 0 saturated carbocycles. The number of aromatic nitrogens is 3. The molecule has 0 amide bonds. The maximum Gasteiger partial charge on any atom is 0.336 e. The van der Waals surface area contributed by atoms with Crippen molar-refractivity contribution in [1.82, 2.24) is 14.5 Å². The topological polar surface area (TPSA) is 68.0 Å². The summed E-state index contributed by atoms with van der Waals surface area (Å²) < 4.78 is 2.11. The predicted octanol–water partition coefficient (Wildman–Crippen LogP) is 5.14. The zero-order valence-electron chi connectivity index (χ0n) is 16.4. The van der Waals surface area contributed by atoms with Gasteiger partial charge < -0.3 is 9.67 Å². The van der Waals surface area contributed by atoms with Crippen LogP contribution in [0.2, 0.25) is 0 Å². The molecule has 146 valence electrons. The van der Waals surface area contributed by atoms with E-state index in [1.807, 2.05) is 54.7 Å². The number of fused-ring (bicyclic) bond motifs is 1. The SMILES string of the molecule is CCCCc1nc2cccn(Cc3ccc(-c4ccccc4C(=O)O)cc3)c-2n1. The van der Waals surface area contributed by atoms with Crippen LogP contribution >= 0.6 is 0 Å². The standard InChI is InChI=1S/C24H23N3O2/c1-2-3-10-22-25-21-9-6-15-27(23(21)26-22)16-17-11-13-18(14-12-17)19-7-4-5-8-20(19)24(28)29/h4-9,11-15H,2-3,10,16H2,1H3,(H,28,29). The number of nitrogens with zero attached hydrogens (tertiary/aromatic N) is 3. The molecule has 0 saturated heterocycles. The number of benzene rings is 2. The van der Waals surface area contributed by atoms with E-state index < -0.39 is 5.97 Å². The van der Waals surface area contributed by atoms with E-state index in [1.165, 1.54) is 0 Å². The van der Waals surface area contributed by atoms with Crippen LogP contribution in [0.1, 0.15) is 41.5 Å². The van der Waals surface area contributed by atoms with E-state index in [0.29, 0.717) is 12.1 Å². The lowest BCUT2D eigenvalue weighted by Crippen LogP contribution is -2.04. The molecule has 0 atom stereocenters. The lowest BCUT2D eigenvalue weighted by molar-refractivity contribution is 0.0697. The van der Waals surface area contributed by atoms with Gasteiger partial charge in [0, 0.05) is 19.2 Å². The quantitative estimate of drug-likeness (QED) is 0.478. The van der Waals surface area contributed by atoms with Crippen molar-refractivity contribution in [2.75, 3.05) is 0 Å². The molecule has 2 aliphatic rings. The molecule has 0 unspecified atom stereocenters. The maximum atomic E-state index is 11.5. The lowest BCUT2D eigenvalue weighted by Gasteiger charge is -2.11. The van der Waals surface area contributed by atoms with Gasteiger partial charge in [-0.3, -0.25) is 0 Å². The van der Waals surface area contributed by atoms with Gasteiger partial charge in [0.25, 0.3) is 0 Å². The molecule has 0 spiro atoms. The van der Waals surface area contributed by atoms with Crippen LogP contribution in [0.5, 0.6) is 0 Å². The highest BCUT2D eigenvalue weighted by Crippen LogP contribution is 2.25. The highest BCUT2D eigenvalue weighted by molar-refractivity contribution is 5.95. The fourth-order valence-electron chi connectivity index (χ4n) is 3.51. The van der Waals surface area contributed by atoms with Crippen molar-refractivity contribution >= 4 is 5.97 Å². The molecular weight excluding hydrogens is 362 g/mol. The first-order valence-electron chi connectivity index (χ1n) is 9.89. The van der Waals surface area contributed by atoms with Crippen molar-refractivity contribution in [2.24, 2.45) is 0 Å². The normalized spacial score (nSPS) is 11.1. The van der Waals surface area contributed by atoms with Crippen LogP contribution in [0, 0.1) is 0 Å². The van der Waals surface area contributed by atoms with Crippen molar-refractivity contribution in [3.63, 3.8) is 0 Å². The molecule has 5 heteroatoms. The summed E-state index contributed by atoms with van der Waals surface area (Å²) in [6.07, 6.45) is 5.15. The number of aryl methyl sites for hydroxylation is 1. The van der Waals surface area contributed by atoms with Gasteiger partial charge in [-0.25, -0.2) is 14.8 Å². The summed E-state index contributed by atoms with van der Waals surface area (Å²) in [6, 6.07) is 19.1. The Morgan fingerprint density at radius 3 is 2.55 bits per heavy atom. The van der Waals surface area contributed by atoms with Crippen LogP contribution < -0.4 is 0 Å². The Labute approximate surface area is 170 Å². The Morgan fingerprint density at radius 1 is 1.00 bits per heavy atom. The van der Waals surface area contributed by atoms with E-state index in [4.69, 9.17) is 4.98 Å². The van der Waals surface area contributed by atoms with Crippen molar-refractivity contribution in [2.45, 2.75) is 32.7 Å². The Bertz CT molecular complexity index is 1100. The molecule has 2 aliphatic heterocycles. The molecule has 4 rings (SSSR count). The minimum Gasteiger partial charge on any atom is -0.478 e. The molecule has 29 heavy (non-hydrogen) atoms. The number of rotatable bonds is 7. The van der Waals surface area contributed by atoms with Crippen LogP contribution in [-0.2, 0) is 13.0 Å². The number of imidazole rings is 1. The lowest BCUT2D eigenvalue weighted by atomic mass is 9.99. The maximum absolute atomic E-state index is 11.5. The fraction of sp³-hybridized carbons (Fsp3) is 0.208. The number of carbonyl (C=O) groups is 1. The van der Waals surface area contributed by atoms with Gasteiger partial charge >= 0.3 is 5.97 Å². The summed E-state index contributed by atoms with van der Waals surface area (Å²) in [4.78, 5) is 20.9. The summed E-state index contributed by atoms with van der Waals surface area (Å²) in [5, 5.41) is 9.42. The van der Waals surface area contributed by atoms with Gasteiger partial charge in [0.2, 0.25) is 0 Å². The second-order valence-electron chi connectivity index (χ2n) is 7.14. The number of carboxylic acid groups (broad SMARTS) is 1. The average molecular weight is 385 g/mol. The smallest absolute Gasteiger partial charge is 0.336 e. The van der Waals surface area contributed by atoms with E-state index in [0.717, 1.165) is 53.3 Å². The fourth-order valence-corrected chi connectivity index (χ4v) is 3.51. The molecule has 0 radical (unpaired) electrons. The highest BCUT2D eigenvalue weighted by atomic mass is 16.4. The van der Waals surface area contributed by atoms with Crippen LogP contribution in [0.4, 0.5) is 0 Å². The van der Waals surface area contributed by atoms with Crippen molar-refractivity contribution in [3.8, 4) is 22.6 Å². The molecule has 2 aromatic carbocycles. The molecule has 0 bridgehead atoms. The Kier molecular flexibility index (Phi) is 5.38. The van der Waals surface area contributed by atoms with Gasteiger partial charge in [0.15, 0.2) is 5.82 Å². The first-order chi connectivity index (χ1) is 14.2. The molecule has 1 N–H and O–H groups in total. The number of pyridine rings is 1. The van der Waals surface area contributed by atoms with E-state index in [2.05, 4.69) is 16.5 Å². The van der Waals surface area contributed by atoms with Gasteiger partial charge in [-0.1, -0.05) is 55.8 Å². The average Bonchev–Trinajstić information content (AvgIpc) is 3.17. The summed E-state index contributed by atoms with van der Waals surface area (Å²) in [7, 11) is 0.